The average molecular weight is 810 g/mol. The standard InChI is InChI=1S/C45H56N6O6S/c1-5-48-25-35-22-34(48)26-49(35)45(53)39-23-46-51(33-15-17-57-18-16-33)42(39)32-19-31-20-36(56-4)12-14-37(31)43-41(29-9-7-6-8-10-29)38-13-11-30(21-40(38)50(43)24-32)44(52)47-58(54,55)27-28(2)3/h11-14,19-21,23,28-29,33-35,39H,5-10,15-18,22,24-27H2,1-4H3/p+1/t34-,35-,39?/m0/s1. The summed E-state index contributed by atoms with van der Waals surface area (Å²) in [7, 11) is -2.14. The molecule has 2 aromatic carbocycles. The maximum Gasteiger partial charge on any atom is 0.264 e. The van der Waals surface area contributed by atoms with Gasteiger partial charge in [0.1, 0.15) is 5.75 Å². The van der Waals surface area contributed by atoms with E-state index in [9.17, 15) is 18.0 Å². The molecule has 2 bridgehead atoms. The smallest absolute Gasteiger partial charge is 0.264 e. The number of benzene rings is 2. The zero-order valence-corrected chi connectivity index (χ0v) is 35.1. The minimum absolute atomic E-state index is 0.0825. The molecule has 1 N–H and O–H groups in total. The van der Waals surface area contributed by atoms with Crippen LogP contribution in [0.1, 0.15) is 99.5 Å². The monoisotopic (exact) mass is 809 g/mol. The molecule has 0 spiro atoms. The first-order valence-electron chi connectivity index (χ1n) is 21.5. The van der Waals surface area contributed by atoms with Crippen molar-refractivity contribution in [2.75, 3.05) is 45.7 Å². The van der Waals surface area contributed by atoms with Gasteiger partial charge in [-0.2, -0.15) is 0 Å². The Bertz CT molecular complexity index is 2330. The first-order valence-corrected chi connectivity index (χ1v) is 23.1. The molecule has 1 aromatic heterocycles. The van der Waals surface area contributed by atoms with E-state index >= 15 is 0 Å². The highest BCUT2D eigenvalue weighted by atomic mass is 32.2. The normalized spacial score (nSPS) is 24.1. The Hall–Kier alpha value is -4.33. The van der Waals surface area contributed by atoms with E-state index < -0.39 is 21.8 Å². The van der Waals surface area contributed by atoms with Crippen LogP contribution in [0.3, 0.4) is 0 Å². The average Bonchev–Trinajstić information content (AvgIpc) is 4.00. The van der Waals surface area contributed by atoms with Crippen LogP contribution in [0.4, 0.5) is 0 Å². The van der Waals surface area contributed by atoms with E-state index in [0.717, 1.165) is 109 Å². The summed E-state index contributed by atoms with van der Waals surface area (Å²) in [6, 6.07) is 12.6. The zero-order chi connectivity index (χ0) is 40.3. The van der Waals surface area contributed by atoms with E-state index in [1.54, 1.807) is 13.2 Å². The Morgan fingerprint density at radius 1 is 1.02 bits per heavy atom. The molecule has 0 radical (unpaired) electrons. The number of methoxy groups -OCH3 is 1. The van der Waals surface area contributed by atoms with Gasteiger partial charge in [0.25, 0.3) is 5.91 Å². The minimum Gasteiger partial charge on any atom is -0.497 e. The third-order valence-electron chi connectivity index (χ3n) is 13.4. The molecule has 1 saturated carbocycles. The topological polar surface area (TPSA) is 126 Å². The number of carbonyl (C=O) groups is 2. The highest BCUT2D eigenvalue weighted by molar-refractivity contribution is 7.90. The van der Waals surface area contributed by atoms with Crippen molar-refractivity contribution in [1.29, 1.82) is 0 Å². The number of carbonyl (C=O) groups excluding carboxylic acids is 2. The summed E-state index contributed by atoms with van der Waals surface area (Å²) >= 11 is 0. The van der Waals surface area contributed by atoms with E-state index in [1.165, 1.54) is 12.0 Å². The lowest BCUT2D eigenvalue weighted by molar-refractivity contribution is -0.574. The third-order valence-corrected chi connectivity index (χ3v) is 15.0. The second-order valence-electron chi connectivity index (χ2n) is 17.6. The lowest BCUT2D eigenvalue weighted by atomic mass is 9.81. The quantitative estimate of drug-likeness (QED) is 0.248. The van der Waals surface area contributed by atoms with Gasteiger partial charge in [-0.15, -0.1) is 0 Å². The third kappa shape index (κ3) is 7.10. The SMILES string of the molecule is CCN1C[C@@H]2C[C@H]1CN2C(=O)C1C=N[N+](C2CCOCC2)=C1C1=Cc2cc(OC)ccc2-c2c(C3CCCCC3)c3ccc(C(=O)NS(=O)(=O)CC(C)C)cc3n2C1. The molecular formula is C45H57N6O6S+. The van der Waals surface area contributed by atoms with Crippen molar-refractivity contribution < 1.29 is 32.2 Å². The first kappa shape index (κ1) is 39.1. The summed E-state index contributed by atoms with van der Waals surface area (Å²) in [5.41, 5.74) is 7.49. The van der Waals surface area contributed by atoms with Gasteiger partial charge >= 0.3 is 0 Å². The number of sulfonamides is 1. The van der Waals surface area contributed by atoms with Gasteiger partial charge in [0.15, 0.2) is 12.0 Å². The number of likely N-dealkylation sites (N-methyl/N-ethyl adjacent to an activating group) is 1. The van der Waals surface area contributed by atoms with Crippen molar-refractivity contribution in [2.45, 2.75) is 103 Å². The summed E-state index contributed by atoms with van der Waals surface area (Å²) in [6.07, 6.45) is 12.4. The summed E-state index contributed by atoms with van der Waals surface area (Å²) < 4.78 is 44.3. The predicted molar refractivity (Wildman–Crippen MR) is 226 cm³/mol. The maximum atomic E-state index is 14.9. The number of hydrogen-bond donors (Lipinski definition) is 1. The van der Waals surface area contributed by atoms with Crippen LogP contribution in [0.5, 0.6) is 5.75 Å². The second kappa shape index (κ2) is 15.7. The van der Waals surface area contributed by atoms with Crippen LogP contribution >= 0.6 is 0 Å². The van der Waals surface area contributed by atoms with Gasteiger partial charge < -0.3 is 18.9 Å². The number of piperazine rings is 1. The molecular weight excluding hydrogens is 753 g/mol. The van der Waals surface area contributed by atoms with E-state index in [2.05, 4.69) is 48.9 Å². The highest BCUT2D eigenvalue weighted by Crippen LogP contribution is 2.47. The Labute approximate surface area is 342 Å². The number of nitrogens with one attached hydrogen (secondary N) is 1. The van der Waals surface area contributed by atoms with Gasteiger partial charge in [-0.3, -0.25) is 14.5 Å². The van der Waals surface area contributed by atoms with Gasteiger partial charge in [0.05, 0.1) is 44.5 Å². The highest BCUT2D eigenvalue weighted by Gasteiger charge is 2.50. The fraction of sp³-hybridized carbons (Fsp3) is 0.556. The van der Waals surface area contributed by atoms with Gasteiger partial charge in [-0.05, 0) is 90.3 Å². The van der Waals surface area contributed by atoms with Crippen LogP contribution in [-0.4, -0.2) is 115 Å². The summed E-state index contributed by atoms with van der Waals surface area (Å²) in [5.74, 6) is -0.282. The molecule has 2 amide bonds. The van der Waals surface area contributed by atoms with E-state index in [-0.39, 0.29) is 29.7 Å². The number of allylic oxidation sites excluding steroid dienone is 1. The first-order chi connectivity index (χ1) is 28.0. The van der Waals surface area contributed by atoms with Crippen LogP contribution in [0.25, 0.3) is 28.2 Å². The lowest BCUT2D eigenvalue weighted by Crippen LogP contribution is -2.51. The second-order valence-corrected chi connectivity index (χ2v) is 19.3. The summed E-state index contributed by atoms with van der Waals surface area (Å²) in [4.78, 5) is 33.2. The molecule has 1 aliphatic carbocycles. The largest absolute Gasteiger partial charge is 0.497 e. The lowest BCUT2D eigenvalue weighted by Gasteiger charge is -2.34. The molecule has 58 heavy (non-hydrogen) atoms. The molecule has 4 fully saturated rings. The van der Waals surface area contributed by atoms with Crippen molar-refractivity contribution >= 4 is 50.7 Å². The van der Waals surface area contributed by atoms with Gasteiger partial charge in [-0.1, -0.05) is 50.8 Å². The van der Waals surface area contributed by atoms with Crippen molar-refractivity contribution in [3.63, 3.8) is 0 Å². The molecule has 3 saturated heterocycles. The Morgan fingerprint density at radius 3 is 2.52 bits per heavy atom. The fourth-order valence-electron chi connectivity index (χ4n) is 10.8. The number of hydrogen-bond acceptors (Lipinski definition) is 8. The molecule has 3 atom stereocenters. The number of amides is 2. The number of aromatic nitrogens is 1. The van der Waals surface area contributed by atoms with Crippen molar-refractivity contribution in [3.05, 3.63) is 58.7 Å². The zero-order valence-electron chi connectivity index (χ0n) is 34.3. The molecule has 13 heteroatoms. The number of rotatable bonds is 10. The minimum atomic E-state index is -3.83. The van der Waals surface area contributed by atoms with E-state index in [1.807, 2.05) is 38.3 Å². The molecule has 6 aliphatic rings. The molecule has 1 unspecified atom stereocenters. The molecule has 3 aromatic rings. The Morgan fingerprint density at radius 2 is 1.81 bits per heavy atom. The van der Waals surface area contributed by atoms with Crippen LogP contribution < -0.4 is 9.46 Å². The summed E-state index contributed by atoms with van der Waals surface area (Å²) in [5, 5.41) is 6.14. The maximum absolute atomic E-state index is 14.9. The number of likely N-dealkylation sites (tertiary alicyclic amines) is 2. The van der Waals surface area contributed by atoms with Crippen molar-refractivity contribution in [3.8, 4) is 17.0 Å². The van der Waals surface area contributed by atoms with Gasteiger partial charge in [0.2, 0.25) is 21.6 Å². The number of ether oxygens (including phenoxy) is 2. The number of nitrogens with zero attached hydrogens (tertiary/aromatic N) is 5. The van der Waals surface area contributed by atoms with Gasteiger partial charge in [0, 0.05) is 65.6 Å². The number of fused-ring (bicyclic) bond motifs is 7. The number of hydrazone groups is 1. The molecule has 6 heterocycles. The van der Waals surface area contributed by atoms with E-state index in [4.69, 9.17) is 14.6 Å². The van der Waals surface area contributed by atoms with Crippen LogP contribution in [0.15, 0.2) is 47.1 Å². The Kier molecular flexibility index (Phi) is 10.6. The van der Waals surface area contributed by atoms with Crippen LogP contribution in [0.2, 0.25) is 0 Å². The Balaban J connectivity index is 1.21. The molecule has 12 nitrogen and oxygen atoms in total. The van der Waals surface area contributed by atoms with Gasteiger partial charge in [-0.25, -0.2) is 13.1 Å². The van der Waals surface area contributed by atoms with Crippen LogP contribution in [-0.2, 0) is 26.1 Å². The molecule has 308 valence electrons. The fourth-order valence-corrected chi connectivity index (χ4v) is 12.1. The van der Waals surface area contributed by atoms with E-state index in [0.29, 0.717) is 37.3 Å². The molecule has 9 rings (SSSR count). The van der Waals surface area contributed by atoms with Crippen molar-refractivity contribution in [1.82, 2.24) is 19.1 Å². The molecule has 5 aliphatic heterocycles. The van der Waals surface area contributed by atoms with Crippen LogP contribution in [0, 0.1) is 11.8 Å². The summed E-state index contributed by atoms with van der Waals surface area (Å²) in [6.45, 7) is 10.2. The predicted octanol–water partition coefficient (Wildman–Crippen LogP) is 6.03. The van der Waals surface area contributed by atoms with Crippen molar-refractivity contribution in [2.24, 2.45) is 16.9 Å².